The summed E-state index contributed by atoms with van der Waals surface area (Å²) in [5, 5.41) is 11.5. The molecule has 0 atom stereocenters. The van der Waals surface area contributed by atoms with Crippen LogP contribution in [0.25, 0.3) is 11.5 Å². The first-order chi connectivity index (χ1) is 14.5. The predicted octanol–water partition coefficient (Wildman–Crippen LogP) is 5.75. The second-order valence-electron chi connectivity index (χ2n) is 8.01. The third-order valence-electron chi connectivity index (χ3n) is 4.69. The highest BCUT2D eigenvalue weighted by atomic mass is 16.5. The van der Waals surface area contributed by atoms with Crippen LogP contribution in [0.1, 0.15) is 31.9 Å². The van der Waals surface area contributed by atoms with Gasteiger partial charge in [0.1, 0.15) is 12.4 Å². The summed E-state index contributed by atoms with van der Waals surface area (Å²) in [7, 11) is 0. The van der Waals surface area contributed by atoms with Crippen LogP contribution in [0.2, 0.25) is 0 Å². The summed E-state index contributed by atoms with van der Waals surface area (Å²) in [6.45, 7) is 6.99. The fourth-order valence-corrected chi connectivity index (χ4v) is 2.97. The summed E-state index contributed by atoms with van der Waals surface area (Å²) in [6, 6.07) is 20.0. The van der Waals surface area contributed by atoms with Gasteiger partial charge in [-0.1, -0.05) is 50.1 Å². The van der Waals surface area contributed by atoms with Crippen LogP contribution < -0.4 is 10.1 Å². The topological polar surface area (TPSA) is 73.1 Å². The number of rotatable bonds is 6. The summed E-state index contributed by atoms with van der Waals surface area (Å²) in [5.74, 6) is 1.08. The number of benzene rings is 2. The SMILES string of the molecule is CC(C)(C)c1ccc(Nc2nnc(-c3ccccc3OCc3ccncc3)o2)cc1. The fraction of sp³-hybridized carbons (Fsp3) is 0.208. The lowest BCUT2D eigenvalue weighted by Gasteiger charge is -2.19. The summed E-state index contributed by atoms with van der Waals surface area (Å²) in [5.41, 5.74) is 4.04. The van der Waals surface area contributed by atoms with Gasteiger partial charge in [-0.15, -0.1) is 5.10 Å². The molecule has 2 aromatic heterocycles. The summed E-state index contributed by atoms with van der Waals surface area (Å²) < 4.78 is 11.8. The quantitative estimate of drug-likeness (QED) is 0.444. The van der Waals surface area contributed by atoms with E-state index in [1.165, 1.54) is 5.56 Å². The first-order valence-electron chi connectivity index (χ1n) is 9.81. The van der Waals surface area contributed by atoms with Crippen LogP contribution in [0.15, 0.2) is 77.5 Å². The van der Waals surface area contributed by atoms with Crippen LogP contribution in [-0.4, -0.2) is 15.2 Å². The molecule has 2 aromatic carbocycles. The molecule has 0 bridgehead atoms. The molecule has 0 amide bonds. The van der Waals surface area contributed by atoms with E-state index < -0.39 is 0 Å². The van der Waals surface area contributed by atoms with E-state index in [-0.39, 0.29) is 5.41 Å². The molecule has 0 saturated heterocycles. The molecule has 4 aromatic rings. The highest BCUT2D eigenvalue weighted by Crippen LogP contribution is 2.31. The Bertz CT molecular complexity index is 1100. The van der Waals surface area contributed by atoms with Crippen molar-refractivity contribution in [1.82, 2.24) is 15.2 Å². The van der Waals surface area contributed by atoms with Crippen LogP contribution in [0, 0.1) is 0 Å². The Kier molecular flexibility index (Phi) is 5.48. The zero-order valence-corrected chi connectivity index (χ0v) is 17.3. The number of pyridine rings is 1. The molecule has 0 spiro atoms. The van der Waals surface area contributed by atoms with Crippen LogP contribution in [0.5, 0.6) is 5.75 Å². The second-order valence-corrected chi connectivity index (χ2v) is 8.01. The van der Waals surface area contributed by atoms with E-state index in [1.54, 1.807) is 12.4 Å². The summed E-state index contributed by atoms with van der Waals surface area (Å²) in [4.78, 5) is 4.02. The van der Waals surface area contributed by atoms with E-state index in [4.69, 9.17) is 9.15 Å². The molecule has 0 aliphatic heterocycles. The average Bonchev–Trinajstić information content (AvgIpc) is 3.21. The minimum Gasteiger partial charge on any atom is -0.488 e. The lowest BCUT2D eigenvalue weighted by molar-refractivity contribution is 0.306. The lowest BCUT2D eigenvalue weighted by Crippen LogP contribution is -2.10. The molecular weight excluding hydrogens is 376 g/mol. The summed E-state index contributed by atoms with van der Waals surface area (Å²) in [6.07, 6.45) is 3.49. The van der Waals surface area contributed by atoms with Gasteiger partial charge in [-0.25, -0.2) is 0 Å². The van der Waals surface area contributed by atoms with Crippen molar-refractivity contribution in [3.63, 3.8) is 0 Å². The van der Waals surface area contributed by atoms with Gasteiger partial charge in [0.2, 0.25) is 0 Å². The Hall–Kier alpha value is -3.67. The van der Waals surface area contributed by atoms with E-state index in [2.05, 4.69) is 53.4 Å². The Labute approximate surface area is 176 Å². The van der Waals surface area contributed by atoms with Gasteiger partial charge in [-0.3, -0.25) is 4.98 Å². The molecule has 152 valence electrons. The van der Waals surface area contributed by atoms with Crippen molar-refractivity contribution in [2.75, 3.05) is 5.32 Å². The lowest BCUT2D eigenvalue weighted by atomic mass is 9.87. The number of anilines is 2. The number of ether oxygens (including phenoxy) is 1. The van der Waals surface area contributed by atoms with Crippen LogP contribution in [-0.2, 0) is 12.0 Å². The molecule has 30 heavy (non-hydrogen) atoms. The molecule has 0 radical (unpaired) electrons. The number of aromatic nitrogens is 3. The highest BCUT2D eigenvalue weighted by molar-refractivity contribution is 5.63. The van der Waals surface area contributed by atoms with Crippen molar-refractivity contribution >= 4 is 11.7 Å². The van der Waals surface area contributed by atoms with Crippen LogP contribution >= 0.6 is 0 Å². The molecule has 0 fully saturated rings. The minimum absolute atomic E-state index is 0.107. The summed E-state index contributed by atoms with van der Waals surface area (Å²) >= 11 is 0. The number of hydrogen-bond acceptors (Lipinski definition) is 6. The van der Waals surface area contributed by atoms with E-state index in [9.17, 15) is 0 Å². The molecule has 2 heterocycles. The minimum atomic E-state index is 0.107. The van der Waals surface area contributed by atoms with Crippen molar-refractivity contribution in [2.45, 2.75) is 32.8 Å². The molecule has 0 aliphatic rings. The molecular formula is C24H24N4O2. The normalized spacial score (nSPS) is 11.3. The van der Waals surface area contributed by atoms with Gasteiger partial charge in [-0.2, -0.15) is 0 Å². The molecule has 6 nitrogen and oxygen atoms in total. The van der Waals surface area contributed by atoms with E-state index in [0.29, 0.717) is 24.3 Å². The Morgan fingerprint density at radius 1 is 0.900 bits per heavy atom. The number of para-hydroxylation sites is 1. The maximum Gasteiger partial charge on any atom is 0.320 e. The molecule has 6 heteroatoms. The van der Waals surface area contributed by atoms with Crippen molar-refractivity contribution < 1.29 is 9.15 Å². The Morgan fingerprint density at radius 3 is 2.37 bits per heavy atom. The van der Waals surface area contributed by atoms with Gasteiger partial charge in [0, 0.05) is 18.1 Å². The van der Waals surface area contributed by atoms with Crippen molar-refractivity contribution in [1.29, 1.82) is 0 Å². The first-order valence-corrected chi connectivity index (χ1v) is 9.81. The van der Waals surface area contributed by atoms with Gasteiger partial charge in [0.05, 0.1) is 5.56 Å². The van der Waals surface area contributed by atoms with E-state index in [1.807, 2.05) is 48.5 Å². The fourth-order valence-electron chi connectivity index (χ4n) is 2.97. The zero-order valence-electron chi connectivity index (χ0n) is 17.3. The maximum atomic E-state index is 5.97. The predicted molar refractivity (Wildman–Crippen MR) is 117 cm³/mol. The second kappa shape index (κ2) is 8.37. The van der Waals surface area contributed by atoms with Gasteiger partial charge in [0.15, 0.2) is 0 Å². The maximum absolute atomic E-state index is 5.97. The van der Waals surface area contributed by atoms with Gasteiger partial charge >= 0.3 is 6.01 Å². The monoisotopic (exact) mass is 400 g/mol. The Morgan fingerprint density at radius 2 is 1.63 bits per heavy atom. The van der Waals surface area contributed by atoms with Crippen molar-refractivity contribution in [3.8, 4) is 17.2 Å². The number of hydrogen-bond donors (Lipinski definition) is 1. The van der Waals surface area contributed by atoms with Gasteiger partial charge < -0.3 is 14.5 Å². The average molecular weight is 400 g/mol. The van der Waals surface area contributed by atoms with Crippen molar-refractivity contribution in [3.05, 3.63) is 84.2 Å². The smallest absolute Gasteiger partial charge is 0.320 e. The van der Waals surface area contributed by atoms with Gasteiger partial charge in [0.25, 0.3) is 5.89 Å². The molecule has 1 N–H and O–H groups in total. The third kappa shape index (κ3) is 4.66. The van der Waals surface area contributed by atoms with Crippen molar-refractivity contribution in [2.24, 2.45) is 0 Å². The molecule has 0 unspecified atom stereocenters. The van der Waals surface area contributed by atoms with Crippen LogP contribution in [0.4, 0.5) is 11.7 Å². The number of nitrogens with zero attached hydrogens (tertiary/aromatic N) is 3. The molecule has 0 saturated carbocycles. The Balaban J connectivity index is 1.49. The highest BCUT2D eigenvalue weighted by Gasteiger charge is 2.15. The number of nitrogens with one attached hydrogen (secondary N) is 1. The standard InChI is InChI=1S/C24H24N4O2/c1-24(2,3)18-8-10-19(11-9-18)26-23-28-27-22(30-23)20-6-4-5-7-21(20)29-16-17-12-14-25-15-13-17/h4-15H,16H2,1-3H3,(H,26,28). The largest absolute Gasteiger partial charge is 0.488 e. The third-order valence-corrected chi connectivity index (χ3v) is 4.69. The van der Waals surface area contributed by atoms with E-state index >= 15 is 0 Å². The first kappa shape index (κ1) is 19.6. The molecule has 0 aliphatic carbocycles. The van der Waals surface area contributed by atoms with E-state index in [0.717, 1.165) is 16.8 Å². The zero-order chi connectivity index (χ0) is 21.0. The van der Waals surface area contributed by atoms with Gasteiger partial charge in [-0.05, 0) is 52.9 Å². The molecule has 4 rings (SSSR count). The van der Waals surface area contributed by atoms with Crippen LogP contribution in [0.3, 0.4) is 0 Å².